The third-order valence-corrected chi connectivity index (χ3v) is 1.87. The topological polar surface area (TPSA) is 12.0 Å². The summed E-state index contributed by atoms with van der Waals surface area (Å²) in [6.07, 6.45) is 0. The molecule has 0 bridgehead atoms. The molecular formula is C8H9N. The average Bonchev–Trinajstić information content (AvgIpc) is 2.46. The Balaban J connectivity index is 2.51. The molecule has 0 unspecified atom stereocenters. The number of hydrogen-bond donors (Lipinski definition) is 1. The fraction of sp³-hybridized carbons (Fsp3) is 0.250. The summed E-state index contributed by atoms with van der Waals surface area (Å²) in [5, 5.41) is 3.14. The molecule has 0 heterocycles. The standard InChI is InChI=1S/C8H9N/c1-5-3-4-6-7(5)8(6)9-2/h3-4,9H,1-2H3. The molecule has 1 heteroatoms. The maximum Gasteiger partial charge on any atom is 0.0501 e. The summed E-state index contributed by atoms with van der Waals surface area (Å²) >= 11 is 0. The number of hydrogen-bond acceptors (Lipinski definition) is 1. The summed E-state index contributed by atoms with van der Waals surface area (Å²) in [5.41, 5.74) is 5.59. The van der Waals surface area contributed by atoms with Gasteiger partial charge in [0.2, 0.25) is 0 Å². The predicted molar refractivity (Wildman–Crippen MR) is 39.7 cm³/mol. The van der Waals surface area contributed by atoms with Gasteiger partial charge >= 0.3 is 0 Å². The fourth-order valence-corrected chi connectivity index (χ4v) is 1.33. The quantitative estimate of drug-likeness (QED) is 0.605. The van der Waals surface area contributed by atoms with Crippen LogP contribution < -0.4 is 5.32 Å². The van der Waals surface area contributed by atoms with Gasteiger partial charge in [-0.05, 0) is 12.5 Å². The van der Waals surface area contributed by atoms with E-state index in [1.54, 1.807) is 0 Å². The summed E-state index contributed by atoms with van der Waals surface area (Å²) in [7, 11) is 1.97. The molecule has 0 aromatic carbocycles. The number of nitrogens with one attached hydrogen (secondary N) is 1. The van der Waals surface area contributed by atoms with E-state index in [1.807, 2.05) is 7.05 Å². The van der Waals surface area contributed by atoms with Crippen molar-refractivity contribution in [1.82, 2.24) is 0 Å². The monoisotopic (exact) mass is 119 g/mol. The molecule has 0 atom stereocenters. The highest BCUT2D eigenvalue weighted by Crippen LogP contribution is 2.50. The first kappa shape index (κ1) is 4.86. The van der Waals surface area contributed by atoms with Gasteiger partial charge in [-0.15, -0.1) is 0 Å². The van der Waals surface area contributed by atoms with Crippen molar-refractivity contribution in [3.8, 4) is 11.1 Å². The van der Waals surface area contributed by atoms with Gasteiger partial charge in [-0.25, -0.2) is 0 Å². The van der Waals surface area contributed by atoms with Gasteiger partial charge in [-0.3, -0.25) is 0 Å². The summed E-state index contributed by atoms with van der Waals surface area (Å²) in [6.45, 7) is 2.14. The first-order valence-corrected chi connectivity index (χ1v) is 3.16. The molecule has 0 amide bonds. The van der Waals surface area contributed by atoms with Crippen LogP contribution in [0.4, 0.5) is 5.69 Å². The van der Waals surface area contributed by atoms with Gasteiger partial charge in [0.1, 0.15) is 0 Å². The van der Waals surface area contributed by atoms with Crippen LogP contribution in [-0.4, -0.2) is 7.05 Å². The Bertz CT molecular complexity index is 264. The fourth-order valence-electron chi connectivity index (χ4n) is 1.33. The van der Waals surface area contributed by atoms with E-state index in [9.17, 15) is 0 Å². The molecule has 2 aliphatic rings. The van der Waals surface area contributed by atoms with E-state index in [0.717, 1.165) is 0 Å². The normalized spacial score (nSPS) is 11.3. The first-order chi connectivity index (χ1) is 4.34. The zero-order valence-electron chi connectivity index (χ0n) is 5.65. The molecule has 1 N–H and O–H groups in total. The molecule has 9 heavy (non-hydrogen) atoms. The largest absolute Gasteiger partial charge is 0.387 e. The molecule has 0 spiro atoms. The van der Waals surface area contributed by atoms with Crippen LogP contribution in [0, 0.1) is 6.92 Å². The third-order valence-electron chi connectivity index (χ3n) is 1.87. The number of fused-ring (bicyclic) bond motifs is 1. The van der Waals surface area contributed by atoms with Crippen molar-refractivity contribution in [2.75, 3.05) is 12.4 Å². The minimum atomic E-state index is 1.34. The molecule has 0 saturated heterocycles. The van der Waals surface area contributed by atoms with E-state index < -0.39 is 0 Å². The summed E-state index contributed by atoms with van der Waals surface area (Å²) in [5.74, 6) is 0. The van der Waals surface area contributed by atoms with E-state index in [1.165, 1.54) is 22.4 Å². The van der Waals surface area contributed by atoms with Crippen LogP contribution in [0.15, 0.2) is 12.1 Å². The van der Waals surface area contributed by atoms with Crippen molar-refractivity contribution >= 4 is 5.69 Å². The van der Waals surface area contributed by atoms with Crippen molar-refractivity contribution in [1.29, 1.82) is 0 Å². The van der Waals surface area contributed by atoms with Crippen LogP contribution in [0.1, 0.15) is 5.56 Å². The molecule has 0 radical (unpaired) electrons. The van der Waals surface area contributed by atoms with Gasteiger partial charge in [0, 0.05) is 18.2 Å². The van der Waals surface area contributed by atoms with Crippen molar-refractivity contribution in [3.05, 3.63) is 17.7 Å². The second kappa shape index (κ2) is 1.29. The molecule has 0 fully saturated rings. The minimum absolute atomic E-state index is 1.34. The number of aryl methyl sites for hydroxylation is 1. The van der Waals surface area contributed by atoms with Crippen LogP contribution in [0.5, 0.6) is 0 Å². The van der Waals surface area contributed by atoms with Crippen molar-refractivity contribution < 1.29 is 0 Å². The predicted octanol–water partition coefficient (Wildman–Crippen LogP) is 2.02. The minimum Gasteiger partial charge on any atom is -0.387 e. The number of rotatable bonds is 1. The lowest BCUT2D eigenvalue weighted by molar-refractivity contribution is 1.55. The van der Waals surface area contributed by atoms with E-state index in [4.69, 9.17) is 0 Å². The van der Waals surface area contributed by atoms with Crippen molar-refractivity contribution in [3.63, 3.8) is 0 Å². The lowest BCUT2D eigenvalue weighted by Gasteiger charge is -1.82. The van der Waals surface area contributed by atoms with Crippen molar-refractivity contribution in [2.24, 2.45) is 0 Å². The molecule has 0 aromatic heterocycles. The Labute approximate surface area is 54.7 Å². The molecule has 0 saturated carbocycles. The Morgan fingerprint density at radius 1 is 1.33 bits per heavy atom. The van der Waals surface area contributed by atoms with Crippen LogP contribution in [-0.2, 0) is 0 Å². The highest BCUT2D eigenvalue weighted by molar-refractivity contribution is 6.06. The van der Waals surface area contributed by atoms with Crippen LogP contribution in [0.3, 0.4) is 0 Å². The summed E-state index contributed by atoms with van der Waals surface area (Å²) in [6, 6.07) is 4.32. The zero-order chi connectivity index (χ0) is 6.43. The lowest BCUT2D eigenvalue weighted by Crippen LogP contribution is -1.77. The Kier molecular flexibility index (Phi) is 0.699. The third kappa shape index (κ3) is 0.441. The SMILES string of the molecule is CNc1c2ccc(C)c1-2. The Morgan fingerprint density at radius 2 is 2.11 bits per heavy atom. The highest BCUT2D eigenvalue weighted by atomic mass is 14.9. The molecule has 0 aromatic rings. The number of anilines is 1. The summed E-state index contributed by atoms with van der Waals surface area (Å²) < 4.78 is 0. The Morgan fingerprint density at radius 3 is 2.44 bits per heavy atom. The van der Waals surface area contributed by atoms with Gasteiger partial charge < -0.3 is 5.32 Å². The van der Waals surface area contributed by atoms with Crippen LogP contribution in [0.25, 0.3) is 11.1 Å². The van der Waals surface area contributed by atoms with Crippen LogP contribution in [0.2, 0.25) is 0 Å². The van der Waals surface area contributed by atoms with Gasteiger partial charge in [-0.2, -0.15) is 0 Å². The molecule has 46 valence electrons. The first-order valence-electron chi connectivity index (χ1n) is 3.16. The second-order valence-corrected chi connectivity index (χ2v) is 2.43. The molecule has 2 aliphatic carbocycles. The molecule has 1 nitrogen and oxygen atoms in total. The van der Waals surface area contributed by atoms with E-state index in [0.29, 0.717) is 0 Å². The average molecular weight is 119 g/mol. The van der Waals surface area contributed by atoms with Gasteiger partial charge in [0.15, 0.2) is 0 Å². The Hall–Kier alpha value is -0.980. The maximum atomic E-state index is 3.14. The molecular weight excluding hydrogens is 110 g/mol. The zero-order valence-corrected chi connectivity index (χ0v) is 5.65. The van der Waals surface area contributed by atoms with E-state index >= 15 is 0 Å². The second-order valence-electron chi connectivity index (χ2n) is 2.43. The maximum absolute atomic E-state index is 3.14. The van der Waals surface area contributed by atoms with Crippen molar-refractivity contribution in [2.45, 2.75) is 6.92 Å². The lowest BCUT2D eigenvalue weighted by atomic mass is 10.3. The van der Waals surface area contributed by atoms with Gasteiger partial charge in [-0.1, -0.05) is 12.1 Å². The van der Waals surface area contributed by atoms with Crippen LogP contribution >= 0.6 is 0 Å². The summed E-state index contributed by atoms with van der Waals surface area (Å²) in [4.78, 5) is 0. The highest BCUT2D eigenvalue weighted by Gasteiger charge is 2.24. The smallest absolute Gasteiger partial charge is 0.0501 e. The van der Waals surface area contributed by atoms with E-state index in [2.05, 4.69) is 24.4 Å². The molecule has 0 aliphatic heterocycles. The van der Waals surface area contributed by atoms with E-state index in [-0.39, 0.29) is 0 Å². The molecule has 2 rings (SSSR count). The van der Waals surface area contributed by atoms with Gasteiger partial charge in [0.05, 0.1) is 5.69 Å². The number of benzene rings is 1. The van der Waals surface area contributed by atoms with Gasteiger partial charge in [0.25, 0.3) is 0 Å².